The summed E-state index contributed by atoms with van der Waals surface area (Å²) in [5, 5.41) is 11.4. The van der Waals surface area contributed by atoms with Gasteiger partial charge < -0.3 is 0 Å². The van der Waals surface area contributed by atoms with Crippen molar-refractivity contribution in [3.63, 3.8) is 0 Å². The van der Waals surface area contributed by atoms with Crippen molar-refractivity contribution in [1.82, 2.24) is 10.2 Å². The molecule has 0 atom stereocenters. The highest BCUT2D eigenvalue weighted by molar-refractivity contribution is 7.11. The normalized spacial score (nSPS) is 11.2. The summed E-state index contributed by atoms with van der Waals surface area (Å²) in [5.74, 6) is 0.546. The summed E-state index contributed by atoms with van der Waals surface area (Å²) >= 11 is 1.77. The molecule has 2 aromatic rings. The molecule has 0 unspecified atom stereocenters. The maximum absolute atomic E-state index is 4.12. The molecule has 0 saturated heterocycles. The Bertz CT molecular complexity index is 392. The summed E-state index contributed by atoms with van der Waals surface area (Å²) in [6.07, 6.45) is 1.74. The Morgan fingerprint density at radius 1 is 1.42 bits per heavy atom. The van der Waals surface area contributed by atoms with Crippen LogP contribution in [0.25, 0.3) is 10.9 Å². The van der Waals surface area contributed by atoms with Crippen LogP contribution in [0.5, 0.6) is 0 Å². The van der Waals surface area contributed by atoms with E-state index >= 15 is 0 Å². The Hall–Kier alpha value is -0.960. The summed E-state index contributed by atoms with van der Waals surface area (Å²) in [6.45, 7) is 4.36. The Balaban J connectivity index is 2.70. The van der Waals surface area contributed by atoms with Crippen LogP contribution in [-0.2, 0) is 0 Å². The van der Waals surface area contributed by atoms with Crippen molar-refractivity contribution in [3.8, 4) is 0 Å². The Morgan fingerprint density at radius 2 is 2.25 bits per heavy atom. The van der Waals surface area contributed by atoms with Crippen molar-refractivity contribution >= 4 is 22.2 Å². The van der Waals surface area contributed by atoms with Gasteiger partial charge in [0.05, 0.1) is 6.20 Å². The van der Waals surface area contributed by atoms with Gasteiger partial charge in [-0.25, -0.2) is 0 Å². The molecule has 3 heteroatoms. The van der Waals surface area contributed by atoms with Crippen LogP contribution in [0.1, 0.15) is 24.6 Å². The van der Waals surface area contributed by atoms with Gasteiger partial charge in [0, 0.05) is 15.6 Å². The van der Waals surface area contributed by atoms with E-state index in [0.717, 1.165) is 5.52 Å². The lowest BCUT2D eigenvalue weighted by molar-refractivity contribution is 0.889. The molecule has 0 spiro atoms. The van der Waals surface area contributed by atoms with Gasteiger partial charge in [0.2, 0.25) is 0 Å². The van der Waals surface area contributed by atoms with Gasteiger partial charge in [-0.3, -0.25) is 0 Å². The highest BCUT2D eigenvalue weighted by Gasteiger charge is 2.08. The van der Waals surface area contributed by atoms with Crippen molar-refractivity contribution in [2.75, 3.05) is 0 Å². The zero-order chi connectivity index (χ0) is 8.55. The van der Waals surface area contributed by atoms with Crippen LogP contribution in [0.15, 0.2) is 17.6 Å². The molecule has 0 N–H and O–H groups in total. The number of hydrogen-bond acceptors (Lipinski definition) is 3. The van der Waals surface area contributed by atoms with Gasteiger partial charge in [-0.15, -0.1) is 16.4 Å². The second-order valence-electron chi connectivity index (χ2n) is 3.09. The maximum atomic E-state index is 4.12. The van der Waals surface area contributed by atoms with Crippen LogP contribution >= 0.6 is 11.3 Å². The molecule has 2 nitrogen and oxygen atoms in total. The fourth-order valence-corrected chi connectivity index (χ4v) is 2.21. The third kappa shape index (κ3) is 1.10. The Morgan fingerprint density at radius 3 is 3.00 bits per heavy atom. The van der Waals surface area contributed by atoms with E-state index in [-0.39, 0.29) is 0 Å². The minimum Gasteiger partial charge on any atom is -0.158 e. The predicted octanol–water partition coefficient (Wildman–Crippen LogP) is 2.81. The molecule has 0 aliphatic carbocycles. The number of nitrogens with zero attached hydrogens (tertiary/aromatic N) is 2. The molecule has 2 aromatic heterocycles. The highest BCUT2D eigenvalue weighted by Crippen LogP contribution is 2.29. The molecule has 2 rings (SSSR count). The first-order valence-electron chi connectivity index (χ1n) is 3.98. The van der Waals surface area contributed by atoms with E-state index in [2.05, 4.69) is 29.4 Å². The van der Waals surface area contributed by atoms with E-state index in [9.17, 15) is 0 Å². The van der Waals surface area contributed by atoms with Gasteiger partial charge in [0.25, 0.3) is 0 Å². The zero-order valence-corrected chi connectivity index (χ0v) is 7.93. The minimum atomic E-state index is 0.546. The van der Waals surface area contributed by atoms with E-state index in [1.54, 1.807) is 17.5 Å². The molecule has 0 aliphatic rings. The minimum absolute atomic E-state index is 0.546. The van der Waals surface area contributed by atoms with E-state index in [1.807, 2.05) is 6.07 Å². The van der Waals surface area contributed by atoms with Crippen molar-refractivity contribution in [2.45, 2.75) is 19.8 Å². The van der Waals surface area contributed by atoms with Gasteiger partial charge in [-0.1, -0.05) is 13.8 Å². The molecule has 0 radical (unpaired) electrons. The van der Waals surface area contributed by atoms with Gasteiger partial charge in [0.15, 0.2) is 0 Å². The summed E-state index contributed by atoms with van der Waals surface area (Å²) in [4.78, 5) is 1.33. The van der Waals surface area contributed by atoms with Crippen LogP contribution in [0, 0.1) is 0 Å². The van der Waals surface area contributed by atoms with Crippen molar-refractivity contribution < 1.29 is 0 Å². The van der Waals surface area contributed by atoms with Crippen molar-refractivity contribution in [1.29, 1.82) is 0 Å². The first-order valence-corrected chi connectivity index (χ1v) is 4.86. The van der Waals surface area contributed by atoms with Crippen LogP contribution in [0.4, 0.5) is 0 Å². The smallest absolute Gasteiger partial charge is 0.107 e. The Labute approximate surface area is 75.3 Å². The van der Waals surface area contributed by atoms with Crippen molar-refractivity contribution in [2.24, 2.45) is 0 Å². The number of fused-ring (bicyclic) bond motifs is 1. The summed E-state index contributed by atoms with van der Waals surface area (Å²) in [7, 11) is 0. The lowest BCUT2D eigenvalue weighted by atomic mass is 10.1. The molecule has 0 fully saturated rings. The molecule has 0 aliphatic heterocycles. The second-order valence-corrected chi connectivity index (χ2v) is 4.00. The third-order valence-corrected chi connectivity index (χ3v) is 3.11. The van der Waals surface area contributed by atoms with E-state index in [1.165, 1.54) is 10.3 Å². The molecule has 12 heavy (non-hydrogen) atoms. The monoisotopic (exact) mass is 178 g/mol. The topological polar surface area (TPSA) is 25.8 Å². The molecule has 0 bridgehead atoms. The molecule has 0 amide bonds. The molecular weight excluding hydrogens is 168 g/mol. The van der Waals surface area contributed by atoms with Crippen LogP contribution in [0.3, 0.4) is 0 Å². The third-order valence-electron chi connectivity index (χ3n) is 1.82. The van der Waals surface area contributed by atoms with Crippen LogP contribution < -0.4 is 0 Å². The summed E-state index contributed by atoms with van der Waals surface area (Å²) in [6, 6.07) is 2.00. The largest absolute Gasteiger partial charge is 0.158 e. The predicted molar refractivity (Wildman–Crippen MR) is 51.5 cm³/mol. The van der Waals surface area contributed by atoms with Crippen LogP contribution in [-0.4, -0.2) is 10.2 Å². The standard InChI is InChI=1S/C9H10N2S/c1-6(2)9-8-7(5-12-9)3-4-10-11-8/h3-6H,1-2H3. The average molecular weight is 178 g/mol. The Kier molecular flexibility index (Phi) is 1.81. The molecule has 0 saturated carbocycles. The van der Waals surface area contributed by atoms with Gasteiger partial charge in [0.1, 0.15) is 5.52 Å². The molecule has 62 valence electrons. The maximum Gasteiger partial charge on any atom is 0.107 e. The van der Waals surface area contributed by atoms with Crippen LogP contribution in [0.2, 0.25) is 0 Å². The van der Waals surface area contributed by atoms with E-state index in [0.29, 0.717) is 5.92 Å². The second kappa shape index (κ2) is 2.83. The summed E-state index contributed by atoms with van der Waals surface area (Å²) in [5.41, 5.74) is 1.07. The first kappa shape index (κ1) is 7.68. The highest BCUT2D eigenvalue weighted by atomic mass is 32.1. The summed E-state index contributed by atoms with van der Waals surface area (Å²) < 4.78 is 0. The number of thiophene rings is 1. The molecular formula is C9H10N2S. The lowest BCUT2D eigenvalue weighted by Crippen LogP contribution is -1.86. The number of aromatic nitrogens is 2. The number of hydrogen-bond donors (Lipinski definition) is 0. The quantitative estimate of drug-likeness (QED) is 0.671. The molecule has 0 aromatic carbocycles. The first-order chi connectivity index (χ1) is 5.79. The van der Waals surface area contributed by atoms with Crippen molar-refractivity contribution in [3.05, 3.63) is 22.5 Å². The fraction of sp³-hybridized carbons (Fsp3) is 0.333. The van der Waals surface area contributed by atoms with Gasteiger partial charge in [-0.2, -0.15) is 5.10 Å². The SMILES string of the molecule is CC(C)c1scc2ccnnc12. The lowest BCUT2D eigenvalue weighted by Gasteiger charge is -1.99. The number of rotatable bonds is 1. The molecule has 2 heterocycles. The van der Waals surface area contributed by atoms with E-state index < -0.39 is 0 Å². The van der Waals surface area contributed by atoms with E-state index in [4.69, 9.17) is 0 Å². The average Bonchev–Trinajstić information content (AvgIpc) is 2.47. The van der Waals surface area contributed by atoms with Gasteiger partial charge >= 0.3 is 0 Å². The zero-order valence-electron chi connectivity index (χ0n) is 7.11. The van der Waals surface area contributed by atoms with Gasteiger partial charge in [-0.05, 0) is 12.0 Å². The fourth-order valence-electron chi connectivity index (χ4n) is 1.22.